The summed E-state index contributed by atoms with van der Waals surface area (Å²) in [7, 11) is 0. The molecule has 24 heavy (non-hydrogen) atoms. The maximum absolute atomic E-state index is 6.12. The molecule has 1 aromatic carbocycles. The van der Waals surface area contributed by atoms with Gasteiger partial charge in [-0.15, -0.1) is 0 Å². The molecule has 136 valence electrons. The van der Waals surface area contributed by atoms with E-state index in [2.05, 4.69) is 13.8 Å². The van der Waals surface area contributed by atoms with Gasteiger partial charge in [-0.2, -0.15) is 0 Å². The number of ether oxygens (including phenoxy) is 4. The SMILES string of the molecule is CCCCO[C@@H]1C[C@@H](Oc2ccccc2)OC(C)[C@@H]1OCCCC. The van der Waals surface area contributed by atoms with E-state index in [0.717, 1.165) is 44.6 Å². The third kappa shape index (κ3) is 6.08. The lowest BCUT2D eigenvalue weighted by atomic mass is 10.0. The van der Waals surface area contributed by atoms with Crippen LogP contribution in [0.25, 0.3) is 0 Å². The standard InChI is InChI=1S/C20H32O4/c1-4-6-13-21-18-15-19(24-17-11-9-8-10-12-17)23-16(3)20(18)22-14-7-5-2/h8-12,16,18-20H,4-7,13-15H2,1-3H3/t16?,18-,19-,20+/m1/s1. The predicted octanol–water partition coefficient (Wildman–Crippen LogP) is 4.57. The van der Waals surface area contributed by atoms with Gasteiger partial charge in [-0.25, -0.2) is 0 Å². The summed E-state index contributed by atoms with van der Waals surface area (Å²) in [4.78, 5) is 0. The first-order valence-electron chi connectivity index (χ1n) is 9.35. The van der Waals surface area contributed by atoms with Crippen molar-refractivity contribution in [2.24, 2.45) is 0 Å². The fourth-order valence-corrected chi connectivity index (χ4v) is 2.87. The van der Waals surface area contributed by atoms with Gasteiger partial charge in [-0.3, -0.25) is 0 Å². The molecule has 4 heteroatoms. The highest BCUT2D eigenvalue weighted by Gasteiger charge is 2.38. The molecule has 1 fully saturated rings. The van der Waals surface area contributed by atoms with Crippen molar-refractivity contribution in [2.45, 2.75) is 77.5 Å². The summed E-state index contributed by atoms with van der Waals surface area (Å²) in [5.41, 5.74) is 0. The van der Waals surface area contributed by atoms with Crippen molar-refractivity contribution in [3.8, 4) is 5.75 Å². The van der Waals surface area contributed by atoms with Crippen LogP contribution in [0, 0.1) is 0 Å². The van der Waals surface area contributed by atoms with Gasteiger partial charge in [0.15, 0.2) is 0 Å². The molecule has 0 bridgehead atoms. The van der Waals surface area contributed by atoms with E-state index in [-0.39, 0.29) is 24.6 Å². The Bertz CT molecular complexity index is 437. The summed E-state index contributed by atoms with van der Waals surface area (Å²) in [5, 5.41) is 0. The highest BCUT2D eigenvalue weighted by atomic mass is 16.7. The lowest BCUT2D eigenvalue weighted by Gasteiger charge is -2.40. The Morgan fingerprint density at radius 2 is 1.67 bits per heavy atom. The van der Waals surface area contributed by atoms with E-state index in [4.69, 9.17) is 18.9 Å². The summed E-state index contributed by atoms with van der Waals surface area (Å²) in [6.07, 6.45) is 4.74. The fraction of sp³-hybridized carbons (Fsp3) is 0.700. The molecular weight excluding hydrogens is 304 g/mol. The van der Waals surface area contributed by atoms with Gasteiger partial charge in [0, 0.05) is 19.6 Å². The Labute approximate surface area is 146 Å². The van der Waals surface area contributed by atoms with Crippen LogP contribution in [-0.4, -0.2) is 37.8 Å². The summed E-state index contributed by atoms with van der Waals surface area (Å²) in [6.45, 7) is 7.91. The minimum Gasteiger partial charge on any atom is -0.465 e. The molecule has 1 unspecified atom stereocenters. The van der Waals surface area contributed by atoms with Gasteiger partial charge >= 0.3 is 0 Å². The molecule has 0 radical (unpaired) electrons. The number of hydrogen-bond acceptors (Lipinski definition) is 4. The molecule has 0 N–H and O–H groups in total. The van der Waals surface area contributed by atoms with Gasteiger partial charge in [0.25, 0.3) is 0 Å². The average molecular weight is 336 g/mol. The van der Waals surface area contributed by atoms with E-state index in [1.165, 1.54) is 0 Å². The van der Waals surface area contributed by atoms with E-state index in [9.17, 15) is 0 Å². The van der Waals surface area contributed by atoms with Crippen LogP contribution in [-0.2, 0) is 14.2 Å². The zero-order valence-electron chi connectivity index (χ0n) is 15.3. The molecule has 1 aromatic rings. The van der Waals surface area contributed by atoms with Gasteiger partial charge in [-0.05, 0) is 31.9 Å². The van der Waals surface area contributed by atoms with Crippen molar-refractivity contribution in [1.29, 1.82) is 0 Å². The number of benzene rings is 1. The molecule has 0 aromatic heterocycles. The summed E-state index contributed by atoms with van der Waals surface area (Å²) in [5.74, 6) is 0.826. The zero-order chi connectivity index (χ0) is 17.2. The highest BCUT2D eigenvalue weighted by molar-refractivity contribution is 5.21. The molecule has 4 atom stereocenters. The first-order valence-corrected chi connectivity index (χ1v) is 9.35. The fourth-order valence-electron chi connectivity index (χ4n) is 2.87. The second kappa shape index (κ2) is 10.7. The molecule has 1 heterocycles. The lowest BCUT2D eigenvalue weighted by molar-refractivity contribution is -0.238. The van der Waals surface area contributed by atoms with E-state index in [1.54, 1.807) is 0 Å². The first kappa shape index (κ1) is 19.2. The summed E-state index contributed by atoms with van der Waals surface area (Å²) >= 11 is 0. The van der Waals surface area contributed by atoms with E-state index in [0.29, 0.717) is 6.42 Å². The number of para-hydroxylation sites is 1. The minimum absolute atomic E-state index is 0.0193. The van der Waals surface area contributed by atoms with Crippen LogP contribution in [0.5, 0.6) is 5.75 Å². The van der Waals surface area contributed by atoms with Gasteiger partial charge in [-0.1, -0.05) is 44.9 Å². The molecule has 1 saturated heterocycles. The summed E-state index contributed by atoms with van der Waals surface area (Å²) in [6, 6.07) is 9.81. The Hall–Kier alpha value is -1.10. The second-order valence-electron chi connectivity index (χ2n) is 6.39. The third-order valence-electron chi connectivity index (χ3n) is 4.27. The van der Waals surface area contributed by atoms with Crippen LogP contribution in [0.1, 0.15) is 52.9 Å². The molecule has 1 aliphatic heterocycles. The van der Waals surface area contributed by atoms with Crippen LogP contribution in [0.4, 0.5) is 0 Å². The van der Waals surface area contributed by atoms with Crippen molar-refractivity contribution >= 4 is 0 Å². The molecule has 2 rings (SSSR count). The predicted molar refractivity (Wildman–Crippen MR) is 95.3 cm³/mol. The quantitative estimate of drug-likeness (QED) is 0.587. The van der Waals surface area contributed by atoms with E-state index in [1.807, 2.05) is 37.3 Å². The Morgan fingerprint density at radius 3 is 2.33 bits per heavy atom. The summed E-state index contributed by atoms with van der Waals surface area (Å²) < 4.78 is 24.2. The van der Waals surface area contributed by atoms with Crippen molar-refractivity contribution in [3.05, 3.63) is 30.3 Å². The van der Waals surface area contributed by atoms with Crippen LogP contribution < -0.4 is 4.74 Å². The Morgan fingerprint density at radius 1 is 1.00 bits per heavy atom. The van der Waals surface area contributed by atoms with Crippen LogP contribution >= 0.6 is 0 Å². The molecular formula is C20H32O4. The topological polar surface area (TPSA) is 36.9 Å². The normalized spacial score (nSPS) is 27.1. The van der Waals surface area contributed by atoms with Crippen LogP contribution in [0.2, 0.25) is 0 Å². The van der Waals surface area contributed by atoms with Gasteiger partial charge in [0.05, 0.1) is 12.2 Å². The van der Waals surface area contributed by atoms with Crippen LogP contribution in [0.3, 0.4) is 0 Å². The second-order valence-corrected chi connectivity index (χ2v) is 6.39. The Kier molecular flexibility index (Phi) is 8.57. The maximum Gasteiger partial charge on any atom is 0.202 e. The van der Waals surface area contributed by atoms with E-state index < -0.39 is 0 Å². The number of hydrogen-bond donors (Lipinski definition) is 0. The van der Waals surface area contributed by atoms with E-state index >= 15 is 0 Å². The number of rotatable bonds is 10. The largest absolute Gasteiger partial charge is 0.465 e. The molecule has 4 nitrogen and oxygen atoms in total. The molecule has 0 spiro atoms. The van der Waals surface area contributed by atoms with Crippen molar-refractivity contribution in [2.75, 3.05) is 13.2 Å². The maximum atomic E-state index is 6.12. The molecule has 1 aliphatic rings. The third-order valence-corrected chi connectivity index (χ3v) is 4.27. The zero-order valence-corrected chi connectivity index (χ0v) is 15.3. The smallest absolute Gasteiger partial charge is 0.202 e. The Balaban J connectivity index is 1.94. The molecule has 0 aliphatic carbocycles. The van der Waals surface area contributed by atoms with Crippen molar-refractivity contribution in [1.82, 2.24) is 0 Å². The van der Waals surface area contributed by atoms with Gasteiger partial charge < -0.3 is 18.9 Å². The lowest BCUT2D eigenvalue weighted by Crippen LogP contribution is -2.51. The van der Waals surface area contributed by atoms with Crippen molar-refractivity contribution in [3.63, 3.8) is 0 Å². The molecule has 0 amide bonds. The minimum atomic E-state index is -0.292. The number of unbranched alkanes of at least 4 members (excludes halogenated alkanes) is 2. The van der Waals surface area contributed by atoms with Gasteiger partial charge in [0.2, 0.25) is 6.29 Å². The first-order chi connectivity index (χ1) is 11.7. The highest BCUT2D eigenvalue weighted by Crippen LogP contribution is 2.27. The van der Waals surface area contributed by atoms with Crippen molar-refractivity contribution < 1.29 is 18.9 Å². The van der Waals surface area contributed by atoms with Gasteiger partial charge in [0.1, 0.15) is 11.9 Å². The molecule has 0 saturated carbocycles. The monoisotopic (exact) mass is 336 g/mol. The van der Waals surface area contributed by atoms with Crippen LogP contribution in [0.15, 0.2) is 30.3 Å². The average Bonchev–Trinajstić information content (AvgIpc) is 2.58.